The van der Waals surface area contributed by atoms with Gasteiger partial charge in [0.2, 0.25) is 29.5 Å². The monoisotopic (exact) mass is 480 g/mol. The van der Waals surface area contributed by atoms with Gasteiger partial charge in [0.05, 0.1) is 19.4 Å². The molecule has 0 bridgehead atoms. The molecule has 0 heterocycles. The highest BCUT2D eigenvalue weighted by molar-refractivity contribution is 5.96. The van der Waals surface area contributed by atoms with Crippen molar-refractivity contribution in [1.82, 2.24) is 16.0 Å². The third-order valence-corrected chi connectivity index (χ3v) is 4.51. The Bertz CT molecular complexity index is 910. The van der Waals surface area contributed by atoms with E-state index >= 15 is 0 Å². The van der Waals surface area contributed by atoms with Crippen molar-refractivity contribution in [3.8, 4) is 0 Å². The summed E-state index contributed by atoms with van der Waals surface area (Å²) in [5, 5.41) is 24.9. The van der Waals surface area contributed by atoms with Crippen LogP contribution in [-0.4, -0.2) is 76.5 Å². The number of nitrogens with one attached hydrogen (secondary N) is 3. The standard InChI is InChI=1S/C20H28N6O8/c21-11(9-27)17(30)24-13(7-15(22)28)19(32)25-12(6-10-4-2-1-3-5-10)18(31)26-14(20(33)34)8-16(23)29/h1-5,11-14,27H,6-9,21H2,(H2,22,28)(H2,23,29)(H,24,30)(H,25,32)(H,26,31)(H,33,34). The Morgan fingerprint density at radius 1 is 0.765 bits per heavy atom. The highest BCUT2D eigenvalue weighted by Gasteiger charge is 2.31. The Morgan fingerprint density at radius 3 is 1.74 bits per heavy atom. The number of carboxylic acids is 1. The Hall–Kier alpha value is -4.04. The summed E-state index contributed by atoms with van der Waals surface area (Å²) >= 11 is 0. The molecular weight excluding hydrogens is 452 g/mol. The SMILES string of the molecule is NC(=O)CC(NC(=O)C(Cc1ccccc1)NC(=O)C(CC(N)=O)NC(=O)C(N)CO)C(=O)O. The summed E-state index contributed by atoms with van der Waals surface area (Å²) in [4.78, 5) is 71.5. The second kappa shape index (κ2) is 13.5. The van der Waals surface area contributed by atoms with Gasteiger partial charge in [-0.3, -0.25) is 24.0 Å². The molecule has 4 unspecified atom stereocenters. The lowest BCUT2D eigenvalue weighted by molar-refractivity contribution is -0.143. The second-order valence-corrected chi connectivity index (χ2v) is 7.34. The average molecular weight is 480 g/mol. The molecule has 186 valence electrons. The van der Waals surface area contributed by atoms with Crippen molar-refractivity contribution in [3.63, 3.8) is 0 Å². The number of nitrogens with two attached hydrogens (primary N) is 3. The topological polar surface area (TPSA) is 257 Å². The fraction of sp³-hybridized carbons (Fsp3) is 0.400. The molecule has 0 saturated carbocycles. The predicted octanol–water partition coefficient (Wildman–Crippen LogP) is -4.16. The van der Waals surface area contributed by atoms with Crippen molar-refractivity contribution < 1.29 is 39.0 Å². The van der Waals surface area contributed by atoms with E-state index in [2.05, 4.69) is 16.0 Å². The van der Waals surface area contributed by atoms with Crippen LogP contribution in [0.25, 0.3) is 0 Å². The lowest BCUT2D eigenvalue weighted by atomic mass is 10.0. The van der Waals surface area contributed by atoms with Crippen molar-refractivity contribution in [1.29, 1.82) is 0 Å². The molecule has 1 aromatic rings. The van der Waals surface area contributed by atoms with Crippen LogP contribution in [-0.2, 0) is 35.2 Å². The van der Waals surface area contributed by atoms with E-state index in [0.29, 0.717) is 5.56 Å². The number of carboxylic acid groups (broad SMARTS) is 1. The molecular formula is C20H28N6O8. The fourth-order valence-electron chi connectivity index (χ4n) is 2.78. The molecule has 1 aromatic carbocycles. The zero-order valence-electron chi connectivity index (χ0n) is 18.1. The van der Waals surface area contributed by atoms with Gasteiger partial charge in [0.1, 0.15) is 24.2 Å². The maximum atomic E-state index is 12.8. The van der Waals surface area contributed by atoms with E-state index in [1.807, 2.05) is 0 Å². The first-order valence-corrected chi connectivity index (χ1v) is 10.1. The van der Waals surface area contributed by atoms with E-state index < -0.39 is 79.1 Å². The molecule has 0 spiro atoms. The van der Waals surface area contributed by atoms with Crippen molar-refractivity contribution >= 4 is 35.5 Å². The third-order valence-electron chi connectivity index (χ3n) is 4.51. The molecule has 4 atom stereocenters. The minimum Gasteiger partial charge on any atom is -0.480 e. The molecule has 0 aromatic heterocycles. The molecule has 1 rings (SSSR count). The summed E-state index contributed by atoms with van der Waals surface area (Å²) in [6, 6.07) is 2.42. The number of aliphatic hydroxyl groups excluding tert-OH is 1. The highest BCUT2D eigenvalue weighted by atomic mass is 16.4. The van der Waals surface area contributed by atoms with E-state index in [0.717, 1.165) is 0 Å². The van der Waals surface area contributed by atoms with Gasteiger partial charge in [-0.15, -0.1) is 0 Å². The molecule has 0 aliphatic heterocycles. The lowest BCUT2D eigenvalue weighted by Gasteiger charge is -2.24. The molecule has 0 saturated heterocycles. The average Bonchev–Trinajstić information content (AvgIpc) is 2.76. The largest absolute Gasteiger partial charge is 0.480 e. The van der Waals surface area contributed by atoms with Crippen LogP contribution < -0.4 is 33.2 Å². The third kappa shape index (κ3) is 9.62. The molecule has 34 heavy (non-hydrogen) atoms. The molecule has 0 radical (unpaired) electrons. The summed E-state index contributed by atoms with van der Waals surface area (Å²) in [6.07, 6.45) is -1.43. The number of aliphatic carboxylic acids is 1. The molecule has 14 nitrogen and oxygen atoms in total. The van der Waals surface area contributed by atoms with E-state index in [1.54, 1.807) is 30.3 Å². The van der Waals surface area contributed by atoms with Gasteiger partial charge in [-0.05, 0) is 5.56 Å². The summed E-state index contributed by atoms with van der Waals surface area (Å²) in [6.45, 7) is -0.730. The molecule has 14 heteroatoms. The first kappa shape index (κ1) is 28.0. The number of benzene rings is 1. The quantitative estimate of drug-likeness (QED) is 0.128. The number of hydrogen-bond acceptors (Lipinski definition) is 8. The van der Waals surface area contributed by atoms with Gasteiger partial charge in [0.25, 0.3) is 0 Å². The van der Waals surface area contributed by atoms with Gasteiger partial charge in [0.15, 0.2) is 0 Å². The second-order valence-electron chi connectivity index (χ2n) is 7.34. The van der Waals surface area contributed by atoms with Gasteiger partial charge >= 0.3 is 5.97 Å². The number of amides is 5. The van der Waals surface area contributed by atoms with Gasteiger partial charge in [0, 0.05) is 6.42 Å². The Labute approximate surface area is 194 Å². The van der Waals surface area contributed by atoms with Gasteiger partial charge < -0.3 is 43.4 Å². The van der Waals surface area contributed by atoms with E-state index in [1.165, 1.54) is 0 Å². The van der Waals surface area contributed by atoms with Crippen LogP contribution in [0.2, 0.25) is 0 Å². The predicted molar refractivity (Wildman–Crippen MR) is 116 cm³/mol. The van der Waals surface area contributed by atoms with Crippen LogP contribution >= 0.6 is 0 Å². The Morgan fingerprint density at radius 2 is 1.24 bits per heavy atom. The maximum Gasteiger partial charge on any atom is 0.326 e. The minimum atomic E-state index is -1.65. The van der Waals surface area contributed by atoms with Crippen LogP contribution in [0.5, 0.6) is 0 Å². The first-order chi connectivity index (χ1) is 15.9. The van der Waals surface area contributed by atoms with Crippen LogP contribution in [0, 0.1) is 0 Å². The van der Waals surface area contributed by atoms with Crippen molar-refractivity contribution in [2.24, 2.45) is 17.2 Å². The van der Waals surface area contributed by atoms with Gasteiger partial charge in [-0.25, -0.2) is 4.79 Å². The van der Waals surface area contributed by atoms with Crippen LogP contribution in [0.15, 0.2) is 30.3 Å². The Balaban J connectivity index is 3.13. The van der Waals surface area contributed by atoms with E-state index in [4.69, 9.17) is 22.3 Å². The van der Waals surface area contributed by atoms with Crippen molar-refractivity contribution in [3.05, 3.63) is 35.9 Å². The number of carbonyl (C=O) groups excluding carboxylic acids is 5. The highest BCUT2D eigenvalue weighted by Crippen LogP contribution is 2.06. The molecule has 11 N–H and O–H groups in total. The fourth-order valence-corrected chi connectivity index (χ4v) is 2.78. The van der Waals surface area contributed by atoms with Gasteiger partial charge in [-0.1, -0.05) is 30.3 Å². The molecule has 0 aliphatic carbocycles. The van der Waals surface area contributed by atoms with E-state index in [9.17, 15) is 33.9 Å². The normalized spacial score (nSPS) is 14.1. The van der Waals surface area contributed by atoms with Crippen molar-refractivity contribution in [2.45, 2.75) is 43.4 Å². The minimum absolute atomic E-state index is 0.102. The van der Waals surface area contributed by atoms with Gasteiger partial charge in [-0.2, -0.15) is 0 Å². The zero-order chi connectivity index (χ0) is 25.8. The summed E-state index contributed by atoms with van der Waals surface area (Å²) < 4.78 is 0. The van der Waals surface area contributed by atoms with Crippen LogP contribution in [0.1, 0.15) is 18.4 Å². The Kier molecular flexibility index (Phi) is 11.1. The summed E-state index contributed by atoms with van der Waals surface area (Å²) in [7, 11) is 0. The van der Waals surface area contributed by atoms with Crippen molar-refractivity contribution in [2.75, 3.05) is 6.61 Å². The smallest absolute Gasteiger partial charge is 0.326 e. The lowest BCUT2D eigenvalue weighted by Crippen LogP contribution is -2.58. The van der Waals surface area contributed by atoms with E-state index in [-0.39, 0.29) is 6.42 Å². The van der Waals surface area contributed by atoms with Crippen LogP contribution in [0.3, 0.4) is 0 Å². The number of aliphatic hydroxyl groups is 1. The molecule has 0 fully saturated rings. The zero-order valence-corrected chi connectivity index (χ0v) is 18.1. The first-order valence-electron chi connectivity index (χ1n) is 10.1. The number of rotatable bonds is 14. The summed E-state index contributed by atoms with van der Waals surface area (Å²) in [5.41, 5.74) is 16.1. The van der Waals surface area contributed by atoms with Crippen LogP contribution in [0.4, 0.5) is 0 Å². The molecule has 5 amide bonds. The maximum absolute atomic E-state index is 12.8. The number of primary amides is 2. The summed E-state index contributed by atoms with van der Waals surface area (Å²) in [5.74, 6) is -6.33. The number of carbonyl (C=O) groups is 6. The number of hydrogen-bond donors (Lipinski definition) is 8. The molecule has 0 aliphatic rings.